The zero-order valence-electron chi connectivity index (χ0n) is 12.2. The maximum absolute atomic E-state index is 12.0. The lowest BCUT2D eigenvalue weighted by Gasteiger charge is -2.32. The quantitative estimate of drug-likeness (QED) is 0.798. The standard InChI is InChI=1S/C14H24N4O2/c1-11-4-3-5-17(9-11)12-6-14(20)18(16-7-12)10-13(19)8-15-2/h6-7,11,13,15,19H,3-5,8-10H2,1-2H3. The zero-order valence-corrected chi connectivity index (χ0v) is 12.2. The van der Waals surface area contributed by atoms with Crippen LogP contribution in [0.25, 0.3) is 0 Å². The molecule has 20 heavy (non-hydrogen) atoms. The van der Waals surface area contributed by atoms with Crippen molar-refractivity contribution in [3.8, 4) is 0 Å². The molecular formula is C14H24N4O2. The molecule has 2 atom stereocenters. The summed E-state index contributed by atoms with van der Waals surface area (Å²) in [6.45, 7) is 4.86. The van der Waals surface area contributed by atoms with Crippen molar-refractivity contribution < 1.29 is 5.11 Å². The molecule has 2 rings (SSSR count). The Morgan fingerprint density at radius 1 is 1.60 bits per heavy atom. The van der Waals surface area contributed by atoms with Gasteiger partial charge in [0.1, 0.15) is 0 Å². The number of nitrogens with zero attached hydrogens (tertiary/aromatic N) is 3. The number of hydrogen-bond donors (Lipinski definition) is 2. The molecule has 0 spiro atoms. The average molecular weight is 280 g/mol. The average Bonchev–Trinajstić information content (AvgIpc) is 2.41. The lowest BCUT2D eigenvalue weighted by Crippen LogP contribution is -2.37. The van der Waals surface area contributed by atoms with Gasteiger partial charge in [0.2, 0.25) is 0 Å². The van der Waals surface area contributed by atoms with Gasteiger partial charge in [0, 0.05) is 25.7 Å². The van der Waals surface area contributed by atoms with Gasteiger partial charge in [0.15, 0.2) is 0 Å². The summed E-state index contributed by atoms with van der Waals surface area (Å²) in [5, 5.41) is 16.8. The highest BCUT2D eigenvalue weighted by Gasteiger charge is 2.17. The third-order valence-electron chi connectivity index (χ3n) is 3.70. The van der Waals surface area contributed by atoms with E-state index in [1.54, 1.807) is 19.3 Å². The molecule has 1 saturated heterocycles. The topological polar surface area (TPSA) is 70.4 Å². The van der Waals surface area contributed by atoms with Gasteiger partial charge in [-0.1, -0.05) is 6.92 Å². The largest absolute Gasteiger partial charge is 0.390 e. The van der Waals surface area contributed by atoms with Gasteiger partial charge < -0.3 is 15.3 Å². The molecule has 6 heteroatoms. The van der Waals surface area contributed by atoms with Crippen LogP contribution in [0.3, 0.4) is 0 Å². The molecule has 1 aromatic heterocycles. The van der Waals surface area contributed by atoms with Crippen molar-refractivity contribution in [1.29, 1.82) is 0 Å². The molecule has 0 radical (unpaired) electrons. The fourth-order valence-electron chi connectivity index (χ4n) is 2.66. The summed E-state index contributed by atoms with van der Waals surface area (Å²) in [4.78, 5) is 14.3. The van der Waals surface area contributed by atoms with E-state index in [1.165, 1.54) is 11.1 Å². The Bertz CT molecular complexity index is 488. The molecule has 0 saturated carbocycles. The van der Waals surface area contributed by atoms with Crippen molar-refractivity contribution >= 4 is 5.69 Å². The molecule has 2 unspecified atom stereocenters. The lowest BCUT2D eigenvalue weighted by molar-refractivity contribution is 0.147. The van der Waals surface area contributed by atoms with Gasteiger partial charge in [-0.3, -0.25) is 4.79 Å². The van der Waals surface area contributed by atoms with Crippen LogP contribution in [0.4, 0.5) is 5.69 Å². The predicted octanol–water partition coefficient (Wildman–Crippen LogP) is 0.0599. The van der Waals surface area contributed by atoms with Crippen LogP contribution in [-0.4, -0.2) is 47.7 Å². The maximum Gasteiger partial charge on any atom is 0.268 e. The molecule has 0 aliphatic carbocycles. The van der Waals surface area contributed by atoms with Gasteiger partial charge in [-0.25, -0.2) is 4.68 Å². The fourth-order valence-corrected chi connectivity index (χ4v) is 2.66. The molecule has 0 bridgehead atoms. The highest BCUT2D eigenvalue weighted by molar-refractivity contribution is 5.43. The first-order valence-electron chi connectivity index (χ1n) is 7.25. The first kappa shape index (κ1) is 15.0. The number of aromatic nitrogens is 2. The van der Waals surface area contributed by atoms with Crippen LogP contribution >= 0.6 is 0 Å². The van der Waals surface area contributed by atoms with Crippen LogP contribution in [-0.2, 0) is 6.54 Å². The minimum Gasteiger partial charge on any atom is -0.390 e. The van der Waals surface area contributed by atoms with Gasteiger partial charge >= 0.3 is 0 Å². The van der Waals surface area contributed by atoms with Crippen LogP contribution < -0.4 is 15.8 Å². The second kappa shape index (κ2) is 6.85. The monoisotopic (exact) mass is 280 g/mol. The summed E-state index contributed by atoms with van der Waals surface area (Å²) in [6, 6.07) is 1.62. The van der Waals surface area contributed by atoms with E-state index in [2.05, 4.69) is 22.2 Å². The summed E-state index contributed by atoms with van der Waals surface area (Å²) in [5.41, 5.74) is 0.733. The van der Waals surface area contributed by atoms with Crippen LogP contribution in [0.15, 0.2) is 17.1 Å². The first-order chi connectivity index (χ1) is 9.60. The summed E-state index contributed by atoms with van der Waals surface area (Å²) in [7, 11) is 1.76. The van der Waals surface area contributed by atoms with E-state index in [9.17, 15) is 9.90 Å². The predicted molar refractivity (Wildman–Crippen MR) is 79.0 cm³/mol. The van der Waals surface area contributed by atoms with Crippen molar-refractivity contribution in [3.05, 3.63) is 22.6 Å². The minimum absolute atomic E-state index is 0.157. The molecule has 112 valence electrons. The lowest BCUT2D eigenvalue weighted by atomic mass is 10.00. The molecule has 6 nitrogen and oxygen atoms in total. The number of anilines is 1. The summed E-state index contributed by atoms with van der Waals surface area (Å²) in [6.07, 6.45) is 3.53. The Labute approximate surface area is 119 Å². The van der Waals surface area contributed by atoms with Gasteiger partial charge in [-0.05, 0) is 25.8 Å². The number of rotatable bonds is 5. The third kappa shape index (κ3) is 3.80. The van der Waals surface area contributed by atoms with Crippen LogP contribution in [0.5, 0.6) is 0 Å². The molecular weight excluding hydrogens is 256 g/mol. The van der Waals surface area contributed by atoms with Crippen molar-refractivity contribution in [2.45, 2.75) is 32.4 Å². The smallest absolute Gasteiger partial charge is 0.268 e. The number of nitrogens with one attached hydrogen (secondary N) is 1. The highest BCUT2D eigenvalue weighted by Crippen LogP contribution is 2.20. The molecule has 1 aromatic rings. The van der Waals surface area contributed by atoms with Gasteiger partial charge in [-0.2, -0.15) is 5.10 Å². The van der Waals surface area contributed by atoms with E-state index in [-0.39, 0.29) is 12.1 Å². The number of aliphatic hydroxyl groups is 1. The minimum atomic E-state index is -0.606. The number of likely N-dealkylation sites (N-methyl/N-ethyl adjacent to an activating group) is 1. The number of piperidine rings is 1. The molecule has 1 aliphatic heterocycles. The summed E-state index contributed by atoms with van der Waals surface area (Å²) in [5.74, 6) is 0.656. The molecule has 0 amide bonds. The second-order valence-electron chi connectivity index (χ2n) is 5.64. The van der Waals surface area contributed by atoms with Crippen molar-refractivity contribution in [2.24, 2.45) is 5.92 Å². The zero-order chi connectivity index (χ0) is 14.5. The van der Waals surface area contributed by atoms with E-state index in [1.807, 2.05) is 0 Å². The van der Waals surface area contributed by atoms with Crippen molar-refractivity contribution in [1.82, 2.24) is 15.1 Å². The normalized spacial score (nSPS) is 20.9. The van der Waals surface area contributed by atoms with E-state index in [0.29, 0.717) is 12.5 Å². The van der Waals surface area contributed by atoms with Gasteiger partial charge in [0.05, 0.1) is 24.5 Å². The van der Waals surface area contributed by atoms with Crippen molar-refractivity contribution in [3.63, 3.8) is 0 Å². The van der Waals surface area contributed by atoms with Crippen LogP contribution in [0.1, 0.15) is 19.8 Å². The molecule has 0 aromatic carbocycles. The molecule has 2 N–H and O–H groups in total. The van der Waals surface area contributed by atoms with E-state index >= 15 is 0 Å². The first-order valence-corrected chi connectivity index (χ1v) is 7.25. The third-order valence-corrected chi connectivity index (χ3v) is 3.70. The Morgan fingerprint density at radius 3 is 3.05 bits per heavy atom. The molecule has 1 fully saturated rings. The van der Waals surface area contributed by atoms with E-state index in [4.69, 9.17) is 0 Å². The fraction of sp³-hybridized carbons (Fsp3) is 0.714. The van der Waals surface area contributed by atoms with Crippen LogP contribution in [0.2, 0.25) is 0 Å². The highest BCUT2D eigenvalue weighted by atomic mass is 16.3. The molecule has 2 heterocycles. The van der Waals surface area contributed by atoms with Gasteiger partial charge in [0.25, 0.3) is 5.56 Å². The van der Waals surface area contributed by atoms with E-state index in [0.717, 1.165) is 25.2 Å². The van der Waals surface area contributed by atoms with Crippen LogP contribution in [0, 0.1) is 5.92 Å². The Morgan fingerprint density at radius 2 is 2.40 bits per heavy atom. The van der Waals surface area contributed by atoms with Crippen molar-refractivity contribution in [2.75, 3.05) is 31.6 Å². The number of hydrogen-bond acceptors (Lipinski definition) is 5. The SMILES string of the molecule is CNCC(O)Cn1ncc(N2CCCC(C)C2)cc1=O. The second-order valence-corrected chi connectivity index (χ2v) is 5.64. The Hall–Kier alpha value is -1.40. The summed E-state index contributed by atoms with van der Waals surface area (Å²) < 4.78 is 1.32. The maximum atomic E-state index is 12.0. The Balaban J connectivity index is 2.07. The molecule has 1 aliphatic rings. The summed E-state index contributed by atoms with van der Waals surface area (Å²) >= 11 is 0. The Kier molecular flexibility index (Phi) is 5.14. The van der Waals surface area contributed by atoms with Gasteiger partial charge in [-0.15, -0.1) is 0 Å². The van der Waals surface area contributed by atoms with E-state index < -0.39 is 6.10 Å². The number of aliphatic hydroxyl groups excluding tert-OH is 1.